The average molecular weight is 921 g/mol. The molecule has 5 heterocycles. The van der Waals surface area contributed by atoms with Gasteiger partial charge in [-0.25, -0.2) is 29.4 Å². The van der Waals surface area contributed by atoms with Gasteiger partial charge in [0.25, 0.3) is 0 Å². The molecule has 4 aromatic carbocycles. The van der Waals surface area contributed by atoms with Crippen LogP contribution < -0.4 is 9.62 Å². The van der Waals surface area contributed by atoms with Gasteiger partial charge in [-0.05, 0) is 65.7 Å². The van der Waals surface area contributed by atoms with Gasteiger partial charge in [-0.15, -0.1) is 0 Å². The van der Waals surface area contributed by atoms with Gasteiger partial charge in [-0.1, -0.05) is 71.7 Å². The summed E-state index contributed by atoms with van der Waals surface area (Å²) in [5.74, 6) is -1.09. The summed E-state index contributed by atoms with van der Waals surface area (Å²) in [5.41, 5.74) is 5.08. The first-order valence-corrected chi connectivity index (χ1v) is 21.8. The first kappa shape index (κ1) is 44.0. The van der Waals surface area contributed by atoms with Crippen molar-refractivity contribution in [2.45, 2.75) is 38.3 Å². The summed E-state index contributed by atoms with van der Waals surface area (Å²) < 4.78 is 27.1. The molecule has 1 unspecified atom stereocenters. The number of allylic oxidation sites excluding steroid dienone is 2. The predicted molar refractivity (Wildman–Crippen MR) is 245 cm³/mol. The van der Waals surface area contributed by atoms with Crippen molar-refractivity contribution < 1.29 is 39.0 Å². The second-order valence-corrected chi connectivity index (χ2v) is 17.0. The lowest BCUT2D eigenvalue weighted by Gasteiger charge is -2.34. The van der Waals surface area contributed by atoms with Crippen LogP contribution in [0, 0.1) is 5.82 Å². The number of carboxylic acids is 1. The molecule has 1 saturated heterocycles. The van der Waals surface area contributed by atoms with E-state index in [1.54, 1.807) is 54.7 Å². The summed E-state index contributed by atoms with van der Waals surface area (Å²) in [7, 11) is 2.12. The normalized spacial score (nSPS) is 19.2. The van der Waals surface area contributed by atoms with Crippen molar-refractivity contribution in [3.8, 4) is 28.6 Å². The molecule has 0 amide bonds. The number of aliphatic carboxylic acids is 1. The Morgan fingerprint density at radius 2 is 1.68 bits per heavy atom. The number of piperazine rings is 1. The zero-order valence-corrected chi connectivity index (χ0v) is 36.7. The third kappa shape index (κ3) is 9.34. The van der Waals surface area contributed by atoms with Gasteiger partial charge in [-0.3, -0.25) is 14.8 Å². The Morgan fingerprint density at radius 1 is 0.892 bits per heavy atom. The summed E-state index contributed by atoms with van der Waals surface area (Å²) in [5, 5.41) is 32.7. The number of hydrogen-bond acceptors (Lipinski definition) is 13. The molecule has 3 N–H and O–H groups in total. The highest BCUT2D eigenvalue weighted by Crippen LogP contribution is 2.52. The van der Waals surface area contributed by atoms with Crippen LogP contribution in [0.2, 0.25) is 5.02 Å². The van der Waals surface area contributed by atoms with Crippen LogP contribution in [0.5, 0.6) is 17.2 Å². The average Bonchev–Trinajstić information content (AvgIpc) is 3.61. The third-order valence-electron chi connectivity index (χ3n) is 12.0. The Hall–Kier alpha value is -6.20. The maximum Gasteiger partial charge on any atom is 0.345 e. The number of ether oxygens (including phenoxy) is 2. The fourth-order valence-corrected chi connectivity index (χ4v) is 9.14. The number of para-hydroxylation sites is 1. The number of aliphatic imine (C=N–C) groups is 2. The Morgan fingerprint density at radius 3 is 2.46 bits per heavy atom. The zero-order valence-electron chi connectivity index (χ0n) is 35.2. The minimum Gasteiger partial charge on any atom is -0.506 e. The zero-order chi connectivity index (χ0) is 45.2. The number of aromatic nitrogens is 2. The van der Waals surface area contributed by atoms with Crippen LogP contribution in [0.1, 0.15) is 33.5 Å². The predicted octanol–water partition coefficient (Wildman–Crippen LogP) is 7.57. The second kappa shape index (κ2) is 19.1. The molecule has 14 nitrogen and oxygen atoms in total. The van der Waals surface area contributed by atoms with Gasteiger partial charge < -0.3 is 29.5 Å². The standard InChI is InChI=1S/C48H44Cl2FN7O7/c1-56-16-18-57(19-17-56)20-21-58-24-28-6-13-36(63-26-33-14-15-52-46(55-33)34-4-2-3-5-37(34)65-62)31(22-28)23-38(48(60)61)64-47-41-40(35-12-9-30(25-58)42(49)45(35)59)39(29-7-10-32(51)11-8-29)43(50)44(41)53-27-54-47/h2-15,22,27,38,44,59,62H,16-21,23-26H2,1H3,(H,60,61)/t38-,44?/m1/s1. The molecule has 2 atom stereocenters. The van der Waals surface area contributed by atoms with Crippen molar-refractivity contribution in [1.82, 2.24) is 24.7 Å². The van der Waals surface area contributed by atoms with Crippen molar-refractivity contribution in [3.05, 3.63) is 146 Å². The van der Waals surface area contributed by atoms with Gasteiger partial charge in [0.2, 0.25) is 12.0 Å². The third-order valence-corrected chi connectivity index (χ3v) is 12.8. The number of halogens is 3. The number of carboxylic acid groups (broad SMARTS) is 1. The Bertz CT molecular complexity index is 2760. The minimum atomic E-state index is -1.50. The molecule has 1 aromatic heterocycles. The molecular formula is C48H44Cl2FN7O7. The molecule has 0 saturated carbocycles. The lowest BCUT2D eigenvalue weighted by atomic mass is 9.90. The highest BCUT2D eigenvalue weighted by Gasteiger charge is 2.41. The highest BCUT2D eigenvalue weighted by atomic mass is 35.5. The van der Waals surface area contributed by atoms with Crippen molar-refractivity contribution in [2.75, 3.05) is 46.3 Å². The number of carbonyl (C=O) groups is 1. The molecule has 334 valence electrons. The lowest BCUT2D eigenvalue weighted by Crippen LogP contribution is -2.46. The number of phenolic OH excluding ortho intramolecular Hbond substituents is 1. The van der Waals surface area contributed by atoms with E-state index in [2.05, 4.69) is 46.6 Å². The molecular weight excluding hydrogens is 876 g/mol. The van der Waals surface area contributed by atoms with Crippen LogP contribution in [-0.4, -0.2) is 117 Å². The van der Waals surface area contributed by atoms with Gasteiger partial charge in [0.05, 0.1) is 26.9 Å². The number of hydrogen-bond donors (Lipinski definition) is 3. The molecule has 17 heteroatoms. The quantitative estimate of drug-likeness (QED) is 0.0931. The molecule has 1 fully saturated rings. The molecule has 65 heavy (non-hydrogen) atoms. The summed E-state index contributed by atoms with van der Waals surface area (Å²) in [6.45, 7) is 6.08. The second-order valence-electron chi connectivity index (χ2n) is 16.2. The Kier molecular flexibility index (Phi) is 12.9. The number of aromatic hydroxyl groups is 1. The SMILES string of the molecule is CN1CCN(CCN2Cc3ccc(OCc4ccnc(-c5ccccc5OO)n4)c(c3)C[C@H](C(=O)O)OC3=NC=NC4C(Cl)=C(c5ccc(F)cc5)C(=C34)c3ccc(c(Cl)c3O)C2)CC1. The van der Waals surface area contributed by atoms with E-state index in [-0.39, 0.29) is 40.5 Å². The first-order valence-electron chi connectivity index (χ1n) is 21.0. The molecule has 4 aliphatic heterocycles. The van der Waals surface area contributed by atoms with Gasteiger partial charge in [-0.2, -0.15) is 0 Å². The fraction of sp³-hybridized carbons (Fsp3) is 0.271. The number of fused-ring (bicyclic) bond motifs is 6. The van der Waals surface area contributed by atoms with Crippen LogP contribution in [0.3, 0.4) is 0 Å². The molecule has 5 aromatic rings. The summed E-state index contributed by atoms with van der Waals surface area (Å²) >= 11 is 14.3. The monoisotopic (exact) mass is 919 g/mol. The molecule has 4 bridgehead atoms. The number of benzene rings is 4. The van der Waals surface area contributed by atoms with Gasteiger partial charge in [0.15, 0.2) is 11.6 Å². The fourth-order valence-electron chi connectivity index (χ4n) is 8.54. The van der Waals surface area contributed by atoms with Crippen LogP contribution >= 0.6 is 23.2 Å². The maximum atomic E-state index is 14.3. The van der Waals surface area contributed by atoms with Crippen molar-refractivity contribution >= 4 is 52.6 Å². The summed E-state index contributed by atoms with van der Waals surface area (Å²) in [6.07, 6.45) is 1.20. The van der Waals surface area contributed by atoms with Crippen molar-refractivity contribution in [3.63, 3.8) is 0 Å². The Labute approximate surface area is 384 Å². The molecule has 10 rings (SSSR count). The van der Waals surface area contributed by atoms with Gasteiger partial charge >= 0.3 is 5.97 Å². The number of phenols is 1. The lowest BCUT2D eigenvalue weighted by molar-refractivity contribution is -0.145. The molecule has 0 spiro atoms. The van der Waals surface area contributed by atoms with Crippen LogP contribution in [0.4, 0.5) is 4.39 Å². The van der Waals surface area contributed by atoms with E-state index in [1.165, 1.54) is 18.5 Å². The van der Waals surface area contributed by atoms with E-state index in [0.717, 1.165) is 38.3 Å². The van der Waals surface area contributed by atoms with E-state index < -0.39 is 23.9 Å². The van der Waals surface area contributed by atoms with E-state index in [1.807, 2.05) is 24.3 Å². The van der Waals surface area contributed by atoms with Crippen LogP contribution in [-0.2, 0) is 35.6 Å². The molecule has 1 aliphatic carbocycles. The van der Waals surface area contributed by atoms with E-state index >= 15 is 0 Å². The minimum absolute atomic E-state index is 0.00518. The van der Waals surface area contributed by atoms with Gasteiger partial charge in [0, 0.05) is 81.7 Å². The smallest absolute Gasteiger partial charge is 0.345 e. The van der Waals surface area contributed by atoms with E-state index in [9.17, 15) is 24.7 Å². The maximum absolute atomic E-state index is 14.3. The van der Waals surface area contributed by atoms with Gasteiger partial charge in [0.1, 0.15) is 36.3 Å². The van der Waals surface area contributed by atoms with E-state index in [4.69, 9.17) is 32.7 Å². The summed E-state index contributed by atoms with van der Waals surface area (Å²) in [6, 6.07) is 22.7. The molecule has 0 radical (unpaired) electrons. The number of likely N-dealkylation sites (N-methyl/N-ethyl adjacent to an activating group) is 1. The van der Waals surface area contributed by atoms with Crippen LogP contribution in [0.15, 0.2) is 112 Å². The first-order chi connectivity index (χ1) is 31.5. The van der Waals surface area contributed by atoms with E-state index in [0.29, 0.717) is 81.4 Å². The molecule has 5 aliphatic rings. The largest absolute Gasteiger partial charge is 0.506 e. The Balaban J connectivity index is 1.13. The van der Waals surface area contributed by atoms with Crippen molar-refractivity contribution in [2.24, 2.45) is 9.98 Å². The number of nitrogens with zero attached hydrogens (tertiary/aromatic N) is 7. The topological polar surface area (TPSA) is 166 Å². The number of rotatable bonds is 10. The summed E-state index contributed by atoms with van der Waals surface area (Å²) in [4.78, 5) is 42.9. The van der Waals surface area contributed by atoms with Crippen molar-refractivity contribution in [1.29, 1.82) is 0 Å². The highest BCUT2D eigenvalue weighted by molar-refractivity contribution is 6.41. The van der Waals surface area contributed by atoms with Crippen LogP contribution in [0.25, 0.3) is 22.5 Å².